The van der Waals surface area contributed by atoms with Crippen molar-refractivity contribution < 1.29 is 5.11 Å². The zero-order chi connectivity index (χ0) is 17.7. The summed E-state index contributed by atoms with van der Waals surface area (Å²) in [5.74, 6) is 0.911. The first kappa shape index (κ1) is 17.6. The Bertz CT molecular complexity index is 787. The molecule has 4 nitrogen and oxygen atoms in total. The molecule has 1 atom stereocenters. The topological polar surface area (TPSA) is 58.0 Å². The zero-order valence-corrected chi connectivity index (χ0v) is 15.3. The van der Waals surface area contributed by atoms with E-state index in [1.54, 1.807) is 0 Å². The molecule has 0 saturated carbocycles. The average molecular weight is 353 g/mol. The predicted molar refractivity (Wildman–Crippen MR) is 104 cm³/mol. The molecule has 0 aliphatic heterocycles. The number of hydrogen-bond acceptors (Lipinski definition) is 5. The molecule has 1 aromatic heterocycles. The molecule has 3 rings (SSSR count). The second-order valence-corrected chi connectivity index (χ2v) is 7.53. The van der Waals surface area contributed by atoms with Crippen LogP contribution in [0.15, 0.2) is 60.7 Å². The third-order valence-corrected chi connectivity index (χ3v) is 5.14. The molecule has 0 bridgehead atoms. The van der Waals surface area contributed by atoms with Gasteiger partial charge in [0.1, 0.15) is 0 Å². The summed E-state index contributed by atoms with van der Waals surface area (Å²) in [5, 5.41) is 14.0. The molecule has 0 amide bonds. The molecule has 25 heavy (non-hydrogen) atoms. The van der Waals surface area contributed by atoms with Crippen LogP contribution >= 0.6 is 11.5 Å². The summed E-state index contributed by atoms with van der Waals surface area (Å²) in [7, 11) is 0. The minimum Gasteiger partial charge on any atom is -0.396 e. The molecule has 1 heterocycles. The largest absolute Gasteiger partial charge is 0.396 e. The van der Waals surface area contributed by atoms with E-state index in [1.165, 1.54) is 17.1 Å². The Morgan fingerprint density at radius 2 is 1.68 bits per heavy atom. The average Bonchev–Trinajstić information content (AvgIpc) is 3.12. The summed E-state index contributed by atoms with van der Waals surface area (Å²) in [6.07, 6.45) is 0. The number of nitrogens with zero attached hydrogens (tertiary/aromatic N) is 2. The van der Waals surface area contributed by atoms with Gasteiger partial charge in [0, 0.05) is 36.2 Å². The molecule has 0 fully saturated rings. The van der Waals surface area contributed by atoms with Gasteiger partial charge in [-0.25, -0.2) is 0 Å². The van der Waals surface area contributed by atoms with E-state index in [2.05, 4.69) is 40.7 Å². The number of aliphatic hydroxyl groups is 1. The lowest BCUT2D eigenvalue weighted by atomic mass is 9.75. The minimum absolute atomic E-state index is 0.125. The Balaban J connectivity index is 1.75. The molecule has 0 radical (unpaired) electrons. The molecule has 130 valence electrons. The van der Waals surface area contributed by atoms with Crippen molar-refractivity contribution in [3.8, 4) is 11.4 Å². The van der Waals surface area contributed by atoms with Crippen molar-refractivity contribution >= 4 is 16.7 Å². The fourth-order valence-electron chi connectivity index (χ4n) is 2.83. The molecule has 1 unspecified atom stereocenters. The Labute approximate surface area is 152 Å². The van der Waals surface area contributed by atoms with Crippen LogP contribution in [0.2, 0.25) is 0 Å². The smallest absolute Gasteiger partial charge is 0.202 e. The number of aliphatic hydroxyl groups excluding tert-OH is 1. The van der Waals surface area contributed by atoms with Crippen LogP contribution in [0.5, 0.6) is 0 Å². The van der Waals surface area contributed by atoms with Gasteiger partial charge < -0.3 is 10.4 Å². The third kappa shape index (κ3) is 4.24. The first-order valence-electron chi connectivity index (χ1n) is 8.39. The second-order valence-electron chi connectivity index (χ2n) is 6.78. The highest BCUT2D eigenvalue weighted by molar-refractivity contribution is 7.09. The van der Waals surface area contributed by atoms with Crippen molar-refractivity contribution in [3.05, 3.63) is 66.2 Å². The summed E-state index contributed by atoms with van der Waals surface area (Å²) >= 11 is 1.37. The van der Waals surface area contributed by atoms with Crippen LogP contribution in [0.1, 0.15) is 25.3 Å². The summed E-state index contributed by atoms with van der Waals surface area (Å²) in [5.41, 5.74) is 1.99. The number of anilines is 1. The second kappa shape index (κ2) is 7.76. The van der Waals surface area contributed by atoms with Gasteiger partial charge in [-0.05, 0) is 11.0 Å². The first-order chi connectivity index (χ1) is 12.1. The van der Waals surface area contributed by atoms with Crippen LogP contribution in [-0.2, 0) is 0 Å². The van der Waals surface area contributed by atoms with E-state index in [0.717, 1.165) is 16.5 Å². The van der Waals surface area contributed by atoms with Gasteiger partial charge in [-0.1, -0.05) is 74.5 Å². The molecular weight excluding hydrogens is 330 g/mol. The van der Waals surface area contributed by atoms with Crippen molar-refractivity contribution in [1.82, 2.24) is 9.36 Å². The van der Waals surface area contributed by atoms with E-state index in [1.807, 2.05) is 48.5 Å². The highest BCUT2D eigenvalue weighted by atomic mass is 32.1. The van der Waals surface area contributed by atoms with Crippen LogP contribution in [0.3, 0.4) is 0 Å². The van der Waals surface area contributed by atoms with Crippen LogP contribution in [-0.4, -0.2) is 27.6 Å². The highest BCUT2D eigenvalue weighted by Crippen LogP contribution is 2.35. The van der Waals surface area contributed by atoms with E-state index >= 15 is 0 Å². The number of hydrogen-bond donors (Lipinski definition) is 2. The van der Waals surface area contributed by atoms with Gasteiger partial charge in [-0.2, -0.15) is 9.36 Å². The Hall–Kier alpha value is -2.24. The van der Waals surface area contributed by atoms with Crippen LogP contribution in [0.4, 0.5) is 5.13 Å². The number of nitrogens with one attached hydrogen (secondary N) is 1. The molecule has 2 N–H and O–H groups in total. The number of aromatic nitrogens is 2. The van der Waals surface area contributed by atoms with Crippen molar-refractivity contribution in [3.63, 3.8) is 0 Å². The van der Waals surface area contributed by atoms with Gasteiger partial charge in [0.2, 0.25) is 5.13 Å². The lowest BCUT2D eigenvalue weighted by Crippen LogP contribution is -2.31. The Morgan fingerprint density at radius 1 is 1.04 bits per heavy atom. The molecule has 0 spiro atoms. The molecule has 5 heteroatoms. The van der Waals surface area contributed by atoms with Crippen molar-refractivity contribution in [1.29, 1.82) is 0 Å². The first-order valence-corrected chi connectivity index (χ1v) is 9.16. The number of benzene rings is 2. The molecule has 0 aliphatic rings. The molecule has 0 saturated heterocycles. The van der Waals surface area contributed by atoms with Gasteiger partial charge in [0.15, 0.2) is 5.82 Å². The molecule has 2 aromatic carbocycles. The van der Waals surface area contributed by atoms with Crippen molar-refractivity contribution in [2.75, 3.05) is 18.5 Å². The maximum atomic E-state index is 9.82. The minimum atomic E-state index is -0.235. The van der Waals surface area contributed by atoms with Gasteiger partial charge >= 0.3 is 0 Å². The monoisotopic (exact) mass is 353 g/mol. The van der Waals surface area contributed by atoms with Crippen LogP contribution < -0.4 is 5.32 Å². The normalized spacial score (nSPS) is 12.8. The molecule has 3 aromatic rings. The van der Waals surface area contributed by atoms with Crippen molar-refractivity contribution in [2.24, 2.45) is 5.41 Å². The third-order valence-electron chi connectivity index (χ3n) is 4.47. The van der Waals surface area contributed by atoms with E-state index < -0.39 is 0 Å². The van der Waals surface area contributed by atoms with E-state index in [4.69, 9.17) is 0 Å². The van der Waals surface area contributed by atoms with Crippen molar-refractivity contribution in [2.45, 2.75) is 19.8 Å². The maximum absolute atomic E-state index is 9.82. The summed E-state index contributed by atoms with van der Waals surface area (Å²) in [6.45, 7) is 4.99. The van der Waals surface area contributed by atoms with Gasteiger partial charge in [-0.15, -0.1) is 0 Å². The summed E-state index contributed by atoms with van der Waals surface area (Å²) in [4.78, 5) is 4.59. The van der Waals surface area contributed by atoms with E-state index in [9.17, 15) is 5.11 Å². The fraction of sp³-hybridized carbons (Fsp3) is 0.300. The Kier molecular flexibility index (Phi) is 5.46. The quantitative estimate of drug-likeness (QED) is 0.660. The van der Waals surface area contributed by atoms with Gasteiger partial charge in [0.05, 0.1) is 0 Å². The zero-order valence-electron chi connectivity index (χ0n) is 14.5. The lowest BCUT2D eigenvalue weighted by Gasteiger charge is -2.33. The summed E-state index contributed by atoms with van der Waals surface area (Å²) in [6, 6.07) is 20.3. The molecule has 0 aliphatic carbocycles. The number of rotatable bonds is 7. The Morgan fingerprint density at radius 3 is 2.32 bits per heavy atom. The van der Waals surface area contributed by atoms with E-state index in [0.29, 0.717) is 6.54 Å². The van der Waals surface area contributed by atoms with Gasteiger partial charge in [-0.3, -0.25) is 0 Å². The lowest BCUT2D eigenvalue weighted by molar-refractivity contribution is 0.134. The SMILES string of the molecule is CC(C)(CO)C(CNc1nc(-c2ccccc2)ns1)c1ccccc1. The van der Waals surface area contributed by atoms with Crippen LogP contribution in [0.25, 0.3) is 11.4 Å². The predicted octanol–water partition coefficient (Wildman–Crippen LogP) is 4.42. The molecular formula is C20H23N3OS. The van der Waals surface area contributed by atoms with Crippen LogP contribution in [0, 0.1) is 5.41 Å². The fourth-order valence-corrected chi connectivity index (χ4v) is 3.42. The maximum Gasteiger partial charge on any atom is 0.202 e. The standard InChI is InChI=1S/C20H23N3OS/c1-20(2,14-24)17(15-9-5-3-6-10-15)13-21-19-22-18(23-25-19)16-11-7-4-8-12-16/h3-12,17,24H,13-14H2,1-2H3,(H,21,22,23). The van der Waals surface area contributed by atoms with E-state index in [-0.39, 0.29) is 17.9 Å². The summed E-state index contributed by atoms with van der Waals surface area (Å²) < 4.78 is 4.44. The highest BCUT2D eigenvalue weighted by Gasteiger charge is 2.30. The van der Waals surface area contributed by atoms with Gasteiger partial charge in [0.25, 0.3) is 0 Å².